The summed E-state index contributed by atoms with van der Waals surface area (Å²) >= 11 is 6.13. The predicted octanol–water partition coefficient (Wildman–Crippen LogP) is 4.21. The maximum absolute atomic E-state index is 12.8. The summed E-state index contributed by atoms with van der Waals surface area (Å²) in [6.07, 6.45) is -0.168. The number of carbonyl (C=O) groups excluding carboxylic acids is 1. The Hall–Kier alpha value is -3.06. The summed E-state index contributed by atoms with van der Waals surface area (Å²) in [5.74, 6) is 1.80. The van der Waals surface area contributed by atoms with Gasteiger partial charge in [-0.05, 0) is 42.8 Å². The Balaban J connectivity index is 1.65. The number of benzene rings is 2. The van der Waals surface area contributed by atoms with Crippen molar-refractivity contribution < 1.29 is 18.8 Å². The normalized spacial score (nSPS) is 11.7. The van der Waals surface area contributed by atoms with Crippen LogP contribution in [0.2, 0.25) is 5.02 Å². The Morgan fingerprint density at radius 3 is 2.59 bits per heavy atom. The standard InChI is InChI=1S/C21H22ClN3O4/c1-4-17(28-18-8-6-5-7-16(18)22)21(26)25(2)13-19-23-20(24-29-19)14-9-11-15(27-3)12-10-14/h5-12,17H,4,13H2,1-3H3/t17-/m0/s1. The fraction of sp³-hybridized carbons (Fsp3) is 0.286. The molecule has 0 unspecified atom stereocenters. The number of nitrogens with zero attached hydrogens (tertiary/aromatic N) is 3. The van der Waals surface area contributed by atoms with Crippen molar-refractivity contribution >= 4 is 17.5 Å². The molecule has 0 spiro atoms. The minimum absolute atomic E-state index is 0.171. The van der Waals surface area contributed by atoms with Crippen LogP contribution in [0.15, 0.2) is 53.1 Å². The second kappa shape index (κ2) is 9.43. The van der Waals surface area contributed by atoms with Gasteiger partial charge in [0.05, 0.1) is 18.7 Å². The molecule has 1 atom stereocenters. The molecule has 3 rings (SSSR count). The van der Waals surface area contributed by atoms with Crippen LogP contribution in [0.5, 0.6) is 11.5 Å². The second-order valence-corrected chi connectivity index (χ2v) is 6.79. The van der Waals surface area contributed by atoms with E-state index in [1.54, 1.807) is 38.4 Å². The number of hydrogen-bond acceptors (Lipinski definition) is 6. The first-order valence-electron chi connectivity index (χ1n) is 9.15. The van der Waals surface area contributed by atoms with Crippen LogP contribution in [0, 0.1) is 0 Å². The molecular weight excluding hydrogens is 394 g/mol. The largest absolute Gasteiger partial charge is 0.497 e. The number of carbonyl (C=O) groups is 1. The molecule has 0 saturated heterocycles. The quantitative estimate of drug-likeness (QED) is 0.548. The monoisotopic (exact) mass is 415 g/mol. The number of aromatic nitrogens is 2. The third-order valence-electron chi connectivity index (χ3n) is 4.32. The lowest BCUT2D eigenvalue weighted by Crippen LogP contribution is -2.39. The van der Waals surface area contributed by atoms with E-state index < -0.39 is 6.10 Å². The topological polar surface area (TPSA) is 77.7 Å². The summed E-state index contributed by atoms with van der Waals surface area (Å²) in [6, 6.07) is 14.4. The van der Waals surface area contributed by atoms with Crippen molar-refractivity contribution in [2.75, 3.05) is 14.2 Å². The molecule has 0 aliphatic rings. The molecule has 1 heterocycles. The zero-order valence-electron chi connectivity index (χ0n) is 16.5. The van der Waals surface area contributed by atoms with Crippen LogP contribution >= 0.6 is 11.6 Å². The fourth-order valence-electron chi connectivity index (χ4n) is 2.70. The minimum atomic E-state index is -0.663. The third-order valence-corrected chi connectivity index (χ3v) is 4.63. The average Bonchev–Trinajstić information content (AvgIpc) is 3.21. The molecule has 29 heavy (non-hydrogen) atoms. The number of ether oxygens (including phenoxy) is 2. The molecule has 1 amide bonds. The van der Waals surface area contributed by atoms with Gasteiger partial charge in [0, 0.05) is 12.6 Å². The molecule has 152 valence electrons. The van der Waals surface area contributed by atoms with Crippen LogP contribution in [0.25, 0.3) is 11.4 Å². The molecular formula is C21H22ClN3O4. The number of amides is 1. The molecule has 0 bridgehead atoms. The number of para-hydroxylation sites is 1. The smallest absolute Gasteiger partial charge is 0.263 e. The minimum Gasteiger partial charge on any atom is -0.497 e. The Morgan fingerprint density at radius 1 is 1.21 bits per heavy atom. The first-order valence-corrected chi connectivity index (χ1v) is 9.52. The Bertz CT molecular complexity index is 959. The van der Waals surface area contributed by atoms with Gasteiger partial charge in [0.1, 0.15) is 11.5 Å². The van der Waals surface area contributed by atoms with E-state index >= 15 is 0 Å². The number of likely N-dealkylation sites (N-methyl/N-ethyl adjacent to an activating group) is 1. The highest BCUT2D eigenvalue weighted by atomic mass is 35.5. The Kier molecular flexibility index (Phi) is 6.72. The number of methoxy groups -OCH3 is 1. The number of hydrogen-bond donors (Lipinski definition) is 0. The molecule has 0 aliphatic heterocycles. The van der Waals surface area contributed by atoms with E-state index in [-0.39, 0.29) is 12.5 Å². The fourth-order valence-corrected chi connectivity index (χ4v) is 2.89. The summed E-state index contributed by atoms with van der Waals surface area (Å²) in [7, 11) is 3.27. The molecule has 7 nitrogen and oxygen atoms in total. The summed E-state index contributed by atoms with van der Waals surface area (Å²) in [5.41, 5.74) is 0.795. The van der Waals surface area contributed by atoms with Crippen LogP contribution < -0.4 is 9.47 Å². The van der Waals surface area contributed by atoms with Gasteiger partial charge in [0.15, 0.2) is 6.10 Å². The lowest BCUT2D eigenvalue weighted by atomic mass is 10.2. The zero-order valence-corrected chi connectivity index (χ0v) is 17.2. The highest BCUT2D eigenvalue weighted by Crippen LogP contribution is 2.25. The highest BCUT2D eigenvalue weighted by molar-refractivity contribution is 6.32. The number of rotatable bonds is 8. The van der Waals surface area contributed by atoms with E-state index in [4.69, 9.17) is 25.6 Å². The summed E-state index contributed by atoms with van der Waals surface area (Å²) in [6.45, 7) is 2.05. The lowest BCUT2D eigenvalue weighted by Gasteiger charge is -2.23. The highest BCUT2D eigenvalue weighted by Gasteiger charge is 2.24. The van der Waals surface area contributed by atoms with Crippen LogP contribution in [0.1, 0.15) is 19.2 Å². The van der Waals surface area contributed by atoms with Gasteiger partial charge in [-0.2, -0.15) is 4.98 Å². The summed E-state index contributed by atoms with van der Waals surface area (Å²) in [5, 5.41) is 4.45. The van der Waals surface area contributed by atoms with Crippen molar-refractivity contribution in [3.8, 4) is 22.9 Å². The molecule has 0 N–H and O–H groups in total. The molecule has 0 fully saturated rings. The van der Waals surface area contributed by atoms with Gasteiger partial charge in [-0.3, -0.25) is 4.79 Å². The molecule has 3 aromatic rings. The van der Waals surface area contributed by atoms with Gasteiger partial charge in [-0.15, -0.1) is 0 Å². The van der Waals surface area contributed by atoms with Gasteiger partial charge in [0.2, 0.25) is 11.7 Å². The average molecular weight is 416 g/mol. The van der Waals surface area contributed by atoms with E-state index in [1.165, 1.54) is 4.90 Å². The Morgan fingerprint density at radius 2 is 1.93 bits per heavy atom. The summed E-state index contributed by atoms with van der Waals surface area (Å²) in [4.78, 5) is 18.7. The van der Waals surface area contributed by atoms with Gasteiger partial charge in [-0.1, -0.05) is 35.8 Å². The molecule has 0 aliphatic carbocycles. The zero-order chi connectivity index (χ0) is 20.8. The van der Waals surface area contributed by atoms with E-state index in [2.05, 4.69) is 10.1 Å². The lowest BCUT2D eigenvalue weighted by molar-refractivity contribution is -0.138. The maximum Gasteiger partial charge on any atom is 0.263 e. The van der Waals surface area contributed by atoms with Crippen molar-refractivity contribution in [1.29, 1.82) is 0 Å². The van der Waals surface area contributed by atoms with Crippen molar-refractivity contribution in [1.82, 2.24) is 15.0 Å². The van der Waals surface area contributed by atoms with E-state index in [1.807, 2.05) is 31.2 Å². The SMILES string of the molecule is CC[C@H](Oc1ccccc1Cl)C(=O)N(C)Cc1nc(-c2ccc(OC)cc2)no1. The van der Waals surface area contributed by atoms with Crippen LogP contribution in [0.3, 0.4) is 0 Å². The van der Waals surface area contributed by atoms with Crippen LogP contribution in [-0.4, -0.2) is 41.2 Å². The number of halogens is 1. The molecule has 2 aromatic carbocycles. The van der Waals surface area contributed by atoms with E-state index in [0.717, 1.165) is 11.3 Å². The second-order valence-electron chi connectivity index (χ2n) is 6.38. The van der Waals surface area contributed by atoms with Crippen molar-refractivity contribution in [2.24, 2.45) is 0 Å². The van der Waals surface area contributed by atoms with E-state index in [0.29, 0.717) is 28.9 Å². The van der Waals surface area contributed by atoms with Crippen molar-refractivity contribution in [3.63, 3.8) is 0 Å². The van der Waals surface area contributed by atoms with Crippen molar-refractivity contribution in [3.05, 3.63) is 59.4 Å². The van der Waals surface area contributed by atoms with Crippen molar-refractivity contribution in [2.45, 2.75) is 26.0 Å². The van der Waals surface area contributed by atoms with E-state index in [9.17, 15) is 4.79 Å². The molecule has 0 saturated carbocycles. The first-order chi connectivity index (χ1) is 14.0. The van der Waals surface area contributed by atoms with Gasteiger partial charge >= 0.3 is 0 Å². The maximum atomic E-state index is 12.8. The third kappa shape index (κ3) is 5.06. The van der Waals surface area contributed by atoms with Gasteiger partial charge in [-0.25, -0.2) is 0 Å². The van der Waals surface area contributed by atoms with Crippen LogP contribution in [-0.2, 0) is 11.3 Å². The molecule has 0 radical (unpaired) electrons. The van der Waals surface area contributed by atoms with Gasteiger partial charge < -0.3 is 18.9 Å². The Labute approximate surface area is 174 Å². The molecule has 1 aromatic heterocycles. The summed E-state index contributed by atoms with van der Waals surface area (Å²) < 4.78 is 16.3. The first kappa shape index (κ1) is 20.7. The van der Waals surface area contributed by atoms with Crippen LogP contribution in [0.4, 0.5) is 0 Å². The predicted molar refractivity (Wildman–Crippen MR) is 109 cm³/mol. The van der Waals surface area contributed by atoms with Gasteiger partial charge in [0.25, 0.3) is 5.91 Å². The molecule has 8 heteroatoms.